The maximum absolute atomic E-state index is 4.49. The van der Waals surface area contributed by atoms with E-state index >= 15 is 0 Å². The Kier molecular flexibility index (Phi) is 1.98. The molecular weight excluding hydrogens is 242 g/mol. The van der Waals surface area contributed by atoms with Gasteiger partial charge in [-0.3, -0.25) is 9.38 Å². The zero-order valence-electron chi connectivity index (χ0n) is 9.37. The molecule has 0 fully saturated rings. The summed E-state index contributed by atoms with van der Waals surface area (Å²) in [7, 11) is 0. The third-order valence-corrected chi connectivity index (χ3v) is 3.88. The average molecular weight is 250 g/mol. The molecule has 4 aromatic rings. The van der Waals surface area contributed by atoms with Gasteiger partial charge in [0, 0.05) is 24.0 Å². The van der Waals surface area contributed by atoms with Crippen molar-refractivity contribution in [3.63, 3.8) is 0 Å². The van der Waals surface area contributed by atoms with Gasteiger partial charge in [0.1, 0.15) is 0 Å². The summed E-state index contributed by atoms with van der Waals surface area (Å²) in [6.07, 6.45) is 8.82. The molecule has 0 saturated heterocycles. The Morgan fingerprint density at radius 2 is 2.00 bits per heavy atom. The molecule has 3 nitrogen and oxygen atoms in total. The molecule has 4 rings (SSSR count). The van der Waals surface area contributed by atoms with Crippen molar-refractivity contribution in [2.24, 2.45) is 0 Å². The van der Waals surface area contributed by atoms with Crippen molar-refractivity contribution in [3.8, 4) is 10.6 Å². The largest absolute Gasteiger partial charge is 0.288 e. The first kappa shape index (κ1) is 9.79. The molecule has 0 spiro atoms. The second-order valence-electron chi connectivity index (χ2n) is 4.00. The van der Waals surface area contributed by atoms with Gasteiger partial charge in [-0.1, -0.05) is 35.6 Å². The Hall–Kier alpha value is -2.20. The Bertz CT molecular complexity index is 810. The summed E-state index contributed by atoms with van der Waals surface area (Å²) in [5.41, 5.74) is 0.976. The predicted octanol–water partition coefficient (Wildman–Crippen LogP) is 3.41. The van der Waals surface area contributed by atoms with E-state index in [1.54, 1.807) is 17.5 Å². The van der Waals surface area contributed by atoms with Gasteiger partial charge >= 0.3 is 0 Å². The normalized spacial score (nSPS) is 11.3. The minimum Gasteiger partial charge on any atom is -0.288 e. The fraction of sp³-hybridized carbons (Fsp3) is 0. The van der Waals surface area contributed by atoms with Gasteiger partial charge in [-0.2, -0.15) is 0 Å². The van der Waals surface area contributed by atoms with E-state index in [2.05, 4.69) is 28.3 Å². The van der Waals surface area contributed by atoms with Crippen LogP contribution >= 0.6 is 11.3 Å². The highest BCUT2D eigenvalue weighted by molar-refractivity contribution is 7.20. The van der Waals surface area contributed by atoms with Crippen molar-refractivity contribution in [2.75, 3.05) is 0 Å². The molecule has 0 saturated carbocycles. The topological polar surface area (TPSA) is 30.2 Å². The molecular formula is C14H8N3S. The Balaban J connectivity index is 2.04. The van der Waals surface area contributed by atoms with Gasteiger partial charge in [0.05, 0.1) is 16.8 Å². The maximum atomic E-state index is 4.49. The Labute approximate surface area is 107 Å². The highest BCUT2D eigenvalue weighted by Crippen LogP contribution is 2.31. The van der Waals surface area contributed by atoms with Crippen LogP contribution in [-0.2, 0) is 0 Å². The van der Waals surface area contributed by atoms with Gasteiger partial charge in [0.15, 0.2) is 4.96 Å². The molecule has 1 aromatic carbocycles. The quantitative estimate of drug-likeness (QED) is 0.518. The molecule has 0 amide bonds. The number of benzene rings is 1. The number of pyridine rings is 1. The molecule has 3 aromatic heterocycles. The van der Waals surface area contributed by atoms with Crippen molar-refractivity contribution in [1.29, 1.82) is 0 Å². The van der Waals surface area contributed by atoms with E-state index < -0.39 is 0 Å². The van der Waals surface area contributed by atoms with Gasteiger partial charge in [0.2, 0.25) is 0 Å². The number of fused-ring (bicyclic) bond motifs is 2. The van der Waals surface area contributed by atoms with E-state index in [0.29, 0.717) is 0 Å². The van der Waals surface area contributed by atoms with Crippen LogP contribution in [0, 0.1) is 6.20 Å². The highest BCUT2D eigenvalue weighted by Gasteiger charge is 2.09. The van der Waals surface area contributed by atoms with Gasteiger partial charge in [-0.15, -0.1) is 0 Å². The van der Waals surface area contributed by atoms with Crippen molar-refractivity contribution in [2.45, 2.75) is 0 Å². The zero-order valence-corrected chi connectivity index (χ0v) is 10.2. The lowest BCUT2D eigenvalue weighted by Crippen LogP contribution is -1.83. The second-order valence-corrected chi connectivity index (χ2v) is 4.98. The SMILES string of the molecule is [c]1c(-c2nccc3ccccc23)sc2nccn12. The molecule has 0 aliphatic carbocycles. The van der Waals surface area contributed by atoms with Gasteiger partial charge in [0.25, 0.3) is 0 Å². The van der Waals surface area contributed by atoms with Crippen LogP contribution in [0.15, 0.2) is 48.9 Å². The predicted molar refractivity (Wildman–Crippen MR) is 72.6 cm³/mol. The van der Waals surface area contributed by atoms with Crippen LogP contribution in [0.2, 0.25) is 0 Å². The van der Waals surface area contributed by atoms with Crippen LogP contribution in [0.1, 0.15) is 0 Å². The summed E-state index contributed by atoms with van der Waals surface area (Å²) in [6.45, 7) is 0. The third kappa shape index (κ3) is 1.36. The standard InChI is InChI=1S/C14H8N3S/c1-2-4-11-10(3-1)5-6-15-13(11)12-9-17-8-7-16-14(17)18-12/h1-8H. The molecule has 1 radical (unpaired) electrons. The van der Waals surface area contributed by atoms with E-state index in [1.807, 2.05) is 35.0 Å². The van der Waals surface area contributed by atoms with E-state index in [-0.39, 0.29) is 0 Å². The zero-order chi connectivity index (χ0) is 11.9. The molecule has 4 heteroatoms. The average Bonchev–Trinajstić information content (AvgIpc) is 2.99. The maximum Gasteiger partial charge on any atom is 0.194 e. The summed E-state index contributed by atoms with van der Waals surface area (Å²) in [4.78, 5) is 10.7. The highest BCUT2D eigenvalue weighted by atomic mass is 32.1. The van der Waals surface area contributed by atoms with Crippen molar-refractivity contribution in [3.05, 3.63) is 55.1 Å². The van der Waals surface area contributed by atoms with Crippen LogP contribution < -0.4 is 0 Å². The first-order valence-electron chi connectivity index (χ1n) is 5.61. The molecule has 0 aliphatic rings. The number of nitrogens with zero attached hydrogens (tertiary/aromatic N) is 3. The second kappa shape index (κ2) is 3.65. The summed E-state index contributed by atoms with van der Waals surface area (Å²) in [5, 5.41) is 2.35. The Morgan fingerprint density at radius 3 is 2.94 bits per heavy atom. The third-order valence-electron chi connectivity index (χ3n) is 2.91. The molecule has 0 aliphatic heterocycles. The van der Waals surface area contributed by atoms with Gasteiger partial charge in [-0.05, 0) is 11.5 Å². The van der Waals surface area contributed by atoms with Crippen LogP contribution in [0.4, 0.5) is 0 Å². The number of imidazole rings is 1. The van der Waals surface area contributed by atoms with Crippen LogP contribution in [0.25, 0.3) is 26.3 Å². The molecule has 0 bridgehead atoms. The first-order valence-corrected chi connectivity index (χ1v) is 6.43. The molecule has 18 heavy (non-hydrogen) atoms. The number of hydrogen-bond acceptors (Lipinski definition) is 3. The lowest BCUT2D eigenvalue weighted by Gasteiger charge is -2.01. The molecule has 0 unspecified atom stereocenters. The van der Waals surface area contributed by atoms with Crippen LogP contribution in [0.5, 0.6) is 0 Å². The fourth-order valence-corrected chi connectivity index (χ4v) is 2.98. The number of rotatable bonds is 1. The fourth-order valence-electron chi connectivity index (χ4n) is 2.08. The number of hydrogen-bond donors (Lipinski definition) is 0. The van der Waals surface area contributed by atoms with Gasteiger partial charge < -0.3 is 0 Å². The lowest BCUT2D eigenvalue weighted by atomic mass is 10.1. The van der Waals surface area contributed by atoms with Crippen molar-refractivity contribution >= 4 is 27.1 Å². The van der Waals surface area contributed by atoms with E-state index in [4.69, 9.17) is 0 Å². The van der Waals surface area contributed by atoms with Gasteiger partial charge in [-0.25, -0.2) is 4.98 Å². The molecule has 85 valence electrons. The monoisotopic (exact) mass is 250 g/mol. The summed E-state index contributed by atoms with van der Waals surface area (Å²) in [5.74, 6) is 0. The Morgan fingerprint density at radius 1 is 1.06 bits per heavy atom. The van der Waals surface area contributed by atoms with Crippen LogP contribution in [0.3, 0.4) is 0 Å². The lowest BCUT2D eigenvalue weighted by molar-refractivity contribution is 1.21. The van der Waals surface area contributed by atoms with E-state index in [9.17, 15) is 0 Å². The molecule has 3 heterocycles. The van der Waals surface area contributed by atoms with Crippen molar-refractivity contribution < 1.29 is 0 Å². The summed E-state index contributed by atoms with van der Waals surface area (Å²) in [6, 6.07) is 10.3. The molecule has 0 atom stereocenters. The summed E-state index contributed by atoms with van der Waals surface area (Å²) < 4.78 is 1.91. The summed E-state index contributed by atoms with van der Waals surface area (Å²) >= 11 is 1.61. The minimum atomic E-state index is 0.944. The smallest absolute Gasteiger partial charge is 0.194 e. The number of thiazole rings is 1. The first-order chi connectivity index (χ1) is 8.92. The van der Waals surface area contributed by atoms with Crippen molar-refractivity contribution in [1.82, 2.24) is 14.4 Å². The van der Waals surface area contributed by atoms with E-state index in [1.165, 1.54) is 5.39 Å². The molecule has 0 N–H and O–H groups in total. The number of aromatic nitrogens is 3. The van der Waals surface area contributed by atoms with E-state index in [0.717, 1.165) is 20.9 Å². The minimum absolute atomic E-state index is 0.944. The van der Waals surface area contributed by atoms with Crippen LogP contribution in [-0.4, -0.2) is 14.4 Å².